The van der Waals surface area contributed by atoms with Gasteiger partial charge >= 0.3 is 12.4 Å². The molecule has 0 amide bonds. The van der Waals surface area contributed by atoms with Gasteiger partial charge in [0, 0.05) is 12.5 Å². The molecule has 0 rings (SSSR count). The zero-order valence-electron chi connectivity index (χ0n) is 9.86. The first-order chi connectivity index (χ1) is 9.19. The van der Waals surface area contributed by atoms with E-state index in [1.807, 2.05) is 0 Å². The number of hydrogen-bond donors (Lipinski definition) is 0. The summed E-state index contributed by atoms with van der Waals surface area (Å²) in [7, 11) is 0. The maximum atomic E-state index is 11.7. The molecule has 0 aromatic rings. The van der Waals surface area contributed by atoms with E-state index in [-0.39, 0.29) is 6.08 Å². The first kappa shape index (κ1) is 28.4. The first-order valence-electron chi connectivity index (χ1n) is 4.42. The van der Waals surface area contributed by atoms with E-state index in [9.17, 15) is 26.3 Å². The molecule has 0 aromatic heterocycles. The summed E-state index contributed by atoms with van der Waals surface area (Å²) < 4.78 is 63.4. The predicted molar refractivity (Wildman–Crippen MR) is 83.0 cm³/mol. The molecule has 0 saturated carbocycles. The van der Waals surface area contributed by atoms with Gasteiger partial charge in [0.15, 0.2) is 3.79 Å². The van der Waals surface area contributed by atoms with E-state index in [2.05, 4.69) is 6.58 Å². The minimum atomic E-state index is -4.52. The zero-order chi connectivity index (χ0) is 19.0. The van der Waals surface area contributed by atoms with Crippen LogP contribution in [0.4, 0.5) is 26.3 Å². The van der Waals surface area contributed by atoms with Crippen molar-refractivity contribution in [2.75, 3.05) is 0 Å². The average Bonchev–Trinajstić information content (AvgIpc) is 2.10. The maximum Gasteiger partial charge on any atom is 0.409 e. The monoisotopic (exact) mass is 496 g/mol. The van der Waals surface area contributed by atoms with E-state index in [4.69, 9.17) is 92.8 Å². The Kier molecular flexibility index (Phi) is 14.6. The predicted octanol–water partition coefficient (Wildman–Crippen LogP) is 8.20. The van der Waals surface area contributed by atoms with Crippen molar-refractivity contribution in [3.8, 4) is 0 Å². The van der Waals surface area contributed by atoms with Crippen molar-refractivity contribution in [2.45, 2.75) is 31.2 Å². The van der Waals surface area contributed by atoms with Crippen LogP contribution in [-0.2, 0) is 0 Å². The smallest absolute Gasteiger partial charge is 0.169 e. The summed E-state index contributed by atoms with van der Waals surface area (Å²) in [6.07, 6.45) is -9.53. The Morgan fingerprint density at radius 2 is 1.05 bits per heavy atom. The van der Waals surface area contributed by atoms with E-state index >= 15 is 0 Å². The van der Waals surface area contributed by atoms with Gasteiger partial charge in [-0.2, -0.15) is 26.3 Å². The van der Waals surface area contributed by atoms with Gasteiger partial charge < -0.3 is 0 Å². The van der Waals surface area contributed by atoms with Gasteiger partial charge in [0.2, 0.25) is 0 Å². The molecule has 1 atom stereocenters. The van der Waals surface area contributed by atoms with Gasteiger partial charge in [-0.05, 0) is 0 Å². The van der Waals surface area contributed by atoms with E-state index in [1.165, 1.54) is 0 Å². The SMILES string of the molecule is C=CC(F)(F)F.ClC(Cl)(Cl)Cl.FC(F)(F)C(Cl)CC(Cl)(Cl)Cl. The fraction of sp³-hybridized carbons (Fsp3) is 0.750. The molecule has 0 N–H and O–H groups in total. The molecule has 14 heteroatoms. The van der Waals surface area contributed by atoms with Crippen LogP contribution >= 0.6 is 92.8 Å². The second kappa shape index (κ2) is 11.3. The number of allylic oxidation sites excluding steroid dienone is 1. The molecule has 0 saturated heterocycles. The lowest BCUT2D eigenvalue weighted by Crippen LogP contribution is -2.27. The van der Waals surface area contributed by atoms with E-state index in [0.29, 0.717) is 0 Å². The minimum absolute atomic E-state index is 0.0625. The largest absolute Gasteiger partial charge is 0.409 e. The molecule has 1 unspecified atom stereocenters. The number of rotatable bonds is 1. The van der Waals surface area contributed by atoms with E-state index in [0.717, 1.165) is 0 Å². The summed E-state index contributed by atoms with van der Waals surface area (Å²) in [4.78, 5) is 0. The molecule has 0 aliphatic heterocycles. The highest BCUT2D eigenvalue weighted by atomic mass is 35.6. The summed E-state index contributed by atoms with van der Waals surface area (Å²) in [5.74, 6) is 0. The normalized spacial score (nSPS) is 14.1. The fourth-order valence-corrected chi connectivity index (χ4v) is 1.25. The van der Waals surface area contributed by atoms with Crippen LogP contribution in [0.15, 0.2) is 12.7 Å². The van der Waals surface area contributed by atoms with Crippen molar-refractivity contribution in [3.63, 3.8) is 0 Å². The lowest BCUT2D eigenvalue weighted by molar-refractivity contribution is -0.131. The fourth-order valence-electron chi connectivity index (χ4n) is 0.319. The topological polar surface area (TPSA) is 0 Å². The molecule has 0 aliphatic carbocycles. The number of hydrogen-bond acceptors (Lipinski definition) is 0. The van der Waals surface area contributed by atoms with Crippen LogP contribution in [0, 0.1) is 0 Å². The molecular formula is C8H6Cl8F6. The van der Waals surface area contributed by atoms with Gasteiger partial charge in [0.25, 0.3) is 3.25 Å². The van der Waals surface area contributed by atoms with Crippen LogP contribution in [-0.4, -0.2) is 24.8 Å². The third-order valence-corrected chi connectivity index (χ3v) is 1.86. The van der Waals surface area contributed by atoms with Crippen LogP contribution in [0.25, 0.3) is 0 Å². The lowest BCUT2D eigenvalue weighted by Gasteiger charge is -2.17. The zero-order valence-corrected chi connectivity index (χ0v) is 15.9. The Labute approximate surface area is 162 Å². The summed E-state index contributed by atoms with van der Waals surface area (Å²) in [6.45, 7) is 2.51. The van der Waals surface area contributed by atoms with Gasteiger partial charge in [-0.1, -0.05) is 87.8 Å². The Bertz CT molecular complexity index is 296. The molecule has 136 valence electrons. The van der Waals surface area contributed by atoms with Crippen molar-refractivity contribution < 1.29 is 26.3 Å². The Hall–Kier alpha value is 1.64. The second-order valence-electron chi connectivity index (χ2n) is 3.00. The van der Waals surface area contributed by atoms with Gasteiger partial charge in [-0.3, -0.25) is 0 Å². The molecule has 0 aliphatic rings. The van der Waals surface area contributed by atoms with Crippen molar-refractivity contribution in [1.82, 2.24) is 0 Å². The van der Waals surface area contributed by atoms with E-state index < -0.39 is 31.2 Å². The van der Waals surface area contributed by atoms with Crippen molar-refractivity contribution in [2.24, 2.45) is 0 Å². The minimum Gasteiger partial charge on any atom is -0.169 e. The molecule has 0 radical (unpaired) electrons. The summed E-state index contributed by atoms with van der Waals surface area (Å²) in [6, 6.07) is 0. The standard InChI is InChI=1S/C4H3Cl4F3.C3H3F3.CCl4/c5-2(4(9,10)11)1-3(6,7)8;1-2-3(4,5)6;2-1(3,4)5/h2H,1H2;2H,1H2;. The van der Waals surface area contributed by atoms with Crippen molar-refractivity contribution in [3.05, 3.63) is 12.7 Å². The first-order valence-corrected chi connectivity index (χ1v) is 7.50. The van der Waals surface area contributed by atoms with Crippen LogP contribution in [0.5, 0.6) is 0 Å². The van der Waals surface area contributed by atoms with Gasteiger partial charge in [0.05, 0.1) is 0 Å². The Balaban J connectivity index is -0.000000277. The van der Waals surface area contributed by atoms with Gasteiger partial charge in [-0.15, -0.1) is 11.6 Å². The van der Waals surface area contributed by atoms with E-state index in [1.54, 1.807) is 0 Å². The highest BCUT2D eigenvalue weighted by Gasteiger charge is 2.42. The Morgan fingerprint density at radius 1 is 0.818 bits per heavy atom. The van der Waals surface area contributed by atoms with Crippen LogP contribution in [0.2, 0.25) is 0 Å². The third kappa shape index (κ3) is 37.7. The van der Waals surface area contributed by atoms with Crippen molar-refractivity contribution in [1.29, 1.82) is 0 Å². The average molecular weight is 500 g/mol. The quantitative estimate of drug-likeness (QED) is 0.194. The maximum absolute atomic E-state index is 11.7. The lowest BCUT2D eigenvalue weighted by atomic mass is 10.3. The molecule has 0 nitrogen and oxygen atoms in total. The highest BCUT2D eigenvalue weighted by molar-refractivity contribution is 6.83. The van der Waals surface area contributed by atoms with Crippen LogP contribution in [0.3, 0.4) is 0 Å². The third-order valence-electron chi connectivity index (χ3n) is 0.997. The molecule has 0 fully saturated rings. The van der Waals surface area contributed by atoms with Crippen LogP contribution < -0.4 is 0 Å². The molecule has 0 spiro atoms. The number of halogens is 14. The van der Waals surface area contributed by atoms with Crippen LogP contribution in [0.1, 0.15) is 6.42 Å². The summed E-state index contributed by atoms with van der Waals surface area (Å²) in [5, 5.41) is -2.12. The van der Waals surface area contributed by atoms with Gasteiger partial charge in [-0.25, -0.2) is 0 Å². The van der Waals surface area contributed by atoms with Gasteiger partial charge in [0.1, 0.15) is 5.38 Å². The molecule has 0 aromatic carbocycles. The molecule has 22 heavy (non-hydrogen) atoms. The van der Waals surface area contributed by atoms with Crippen molar-refractivity contribution >= 4 is 92.8 Å². The highest BCUT2D eigenvalue weighted by Crippen LogP contribution is 2.38. The Morgan fingerprint density at radius 3 is 1.09 bits per heavy atom. The number of alkyl halides is 14. The summed E-state index contributed by atoms with van der Waals surface area (Å²) >= 11 is 39.4. The summed E-state index contributed by atoms with van der Waals surface area (Å²) in [5.41, 5.74) is 0. The molecule has 0 heterocycles. The molecule has 0 bridgehead atoms. The molecular weight excluding hydrogens is 494 g/mol. The second-order valence-corrected chi connectivity index (χ2v) is 9.47.